The van der Waals surface area contributed by atoms with E-state index < -0.39 is 17.8 Å². The van der Waals surface area contributed by atoms with Crippen LogP contribution >= 0.6 is 15.9 Å². The van der Waals surface area contributed by atoms with Gasteiger partial charge in [0.1, 0.15) is 11.4 Å². The summed E-state index contributed by atoms with van der Waals surface area (Å²) >= 11 is 3.34. The van der Waals surface area contributed by atoms with Crippen molar-refractivity contribution in [2.75, 3.05) is 6.79 Å². The molecule has 0 radical (unpaired) electrons. The predicted octanol–water partition coefficient (Wildman–Crippen LogP) is 5.32. The highest BCUT2D eigenvalue weighted by Gasteiger charge is 2.17. The first-order valence-electron chi connectivity index (χ1n) is 12.3. The van der Waals surface area contributed by atoms with Crippen molar-refractivity contribution in [2.24, 2.45) is 5.10 Å². The highest BCUT2D eigenvalue weighted by molar-refractivity contribution is 9.10. The second-order valence-corrected chi connectivity index (χ2v) is 9.58. The van der Waals surface area contributed by atoms with Crippen molar-refractivity contribution < 1.29 is 28.6 Å². The third kappa shape index (κ3) is 7.25. The van der Waals surface area contributed by atoms with Gasteiger partial charge in [-0.3, -0.25) is 9.59 Å². The summed E-state index contributed by atoms with van der Waals surface area (Å²) in [7, 11) is 0. The summed E-state index contributed by atoms with van der Waals surface area (Å²) in [6.07, 6.45) is 2.90. The molecule has 1 aliphatic heterocycles. The fourth-order valence-electron chi connectivity index (χ4n) is 3.78. The lowest BCUT2D eigenvalue weighted by atomic mass is 10.1. The lowest BCUT2D eigenvalue weighted by Gasteiger charge is -2.09. The number of hydrogen-bond donors (Lipinski definition) is 2. The van der Waals surface area contributed by atoms with Crippen LogP contribution in [0.2, 0.25) is 0 Å². The summed E-state index contributed by atoms with van der Waals surface area (Å²) in [5.41, 5.74) is 4.35. The molecule has 9 nitrogen and oxygen atoms in total. The minimum atomic E-state index is -0.652. The molecule has 2 N–H and O–H groups in total. The van der Waals surface area contributed by atoms with E-state index in [2.05, 4.69) is 31.8 Å². The van der Waals surface area contributed by atoms with E-state index in [0.717, 1.165) is 4.47 Å². The van der Waals surface area contributed by atoms with Gasteiger partial charge >= 0.3 is 5.97 Å². The van der Waals surface area contributed by atoms with Crippen LogP contribution in [-0.2, 0) is 4.79 Å². The number of fused-ring (bicyclic) bond motifs is 1. The first-order chi connectivity index (χ1) is 19.9. The maximum absolute atomic E-state index is 13.1. The van der Waals surface area contributed by atoms with Gasteiger partial charge in [-0.2, -0.15) is 5.10 Å². The Hall–Kier alpha value is -5.22. The molecule has 204 valence electrons. The number of nitrogens with one attached hydrogen (secondary N) is 2. The summed E-state index contributed by atoms with van der Waals surface area (Å²) in [5.74, 6) is -0.191. The Labute approximate surface area is 243 Å². The molecule has 0 bridgehead atoms. The molecule has 1 heterocycles. The average Bonchev–Trinajstić information content (AvgIpc) is 3.45. The number of hydrazone groups is 1. The van der Waals surface area contributed by atoms with E-state index in [1.165, 1.54) is 12.3 Å². The third-order valence-electron chi connectivity index (χ3n) is 5.75. The first kappa shape index (κ1) is 27.4. The van der Waals surface area contributed by atoms with Crippen LogP contribution in [0.15, 0.2) is 112 Å². The number of hydrogen-bond acceptors (Lipinski definition) is 7. The van der Waals surface area contributed by atoms with Gasteiger partial charge in [-0.15, -0.1) is 0 Å². The molecule has 41 heavy (non-hydrogen) atoms. The Balaban J connectivity index is 1.30. The zero-order valence-electron chi connectivity index (χ0n) is 21.4. The van der Waals surface area contributed by atoms with E-state index in [9.17, 15) is 14.4 Å². The van der Waals surface area contributed by atoms with Crippen LogP contribution in [0.4, 0.5) is 0 Å². The maximum atomic E-state index is 13.1. The van der Waals surface area contributed by atoms with Crippen LogP contribution < -0.4 is 25.0 Å². The Morgan fingerprint density at radius 2 is 1.59 bits per heavy atom. The molecule has 0 aliphatic carbocycles. The number of amides is 2. The molecule has 0 saturated heterocycles. The molecule has 0 saturated carbocycles. The number of carbonyl (C=O) groups excluding carboxylic acids is 3. The van der Waals surface area contributed by atoms with Gasteiger partial charge in [-0.1, -0.05) is 58.4 Å². The zero-order valence-corrected chi connectivity index (χ0v) is 23.0. The second kappa shape index (κ2) is 12.8. The SMILES string of the molecule is O=C(NN=Cc1cccc(OC(=O)c2cccc(Br)c2)c1)C(=Cc1ccc2c(c1)OCO2)NC(=O)c1ccccc1. The number of ether oxygens (including phenoxy) is 3. The number of carbonyl (C=O) groups is 3. The van der Waals surface area contributed by atoms with Crippen molar-refractivity contribution in [3.63, 3.8) is 0 Å². The summed E-state index contributed by atoms with van der Waals surface area (Å²) in [6.45, 7) is 0.111. The van der Waals surface area contributed by atoms with Gasteiger partial charge in [-0.25, -0.2) is 10.2 Å². The fraction of sp³-hybridized carbons (Fsp3) is 0.0323. The first-order valence-corrected chi connectivity index (χ1v) is 13.1. The van der Waals surface area contributed by atoms with Crippen molar-refractivity contribution in [2.45, 2.75) is 0 Å². The van der Waals surface area contributed by atoms with Crippen LogP contribution in [0.1, 0.15) is 31.8 Å². The van der Waals surface area contributed by atoms with Gasteiger partial charge < -0.3 is 19.5 Å². The topological polar surface area (TPSA) is 115 Å². The lowest BCUT2D eigenvalue weighted by Crippen LogP contribution is -2.32. The minimum Gasteiger partial charge on any atom is -0.454 e. The largest absolute Gasteiger partial charge is 0.454 e. The van der Waals surface area contributed by atoms with E-state index in [-0.39, 0.29) is 12.5 Å². The molecule has 0 unspecified atom stereocenters. The van der Waals surface area contributed by atoms with E-state index >= 15 is 0 Å². The summed E-state index contributed by atoms with van der Waals surface area (Å²) < 4.78 is 17.0. The smallest absolute Gasteiger partial charge is 0.343 e. The fourth-order valence-corrected chi connectivity index (χ4v) is 4.18. The van der Waals surface area contributed by atoms with Gasteiger partial charge in [0, 0.05) is 10.0 Å². The molecular formula is C31H22BrN3O6. The standard InChI is InChI=1S/C31H22BrN3O6/c32-24-10-5-9-23(17-24)31(38)41-25-11-4-6-21(14-25)18-33-35-30(37)26(34-29(36)22-7-2-1-3-8-22)15-20-12-13-27-28(16-20)40-19-39-27/h1-18H,19H2,(H,34,36)(H,35,37). The molecule has 0 aromatic heterocycles. The Kier molecular flexibility index (Phi) is 8.51. The molecule has 0 fully saturated rings. The number of nitrogens with zero attached hydrogens (tertiary/aromatic N) is 1. The number of esters is 1. The maximum Gasteiger partial charge on any atom is 0.343 e. The van der Waals surface area contributed by atoms with Crippen molar-refractivity contribution in [1.29, 1.82) is 0 Å². The van der Waals surface area contributed by atoms with Gasteiger partial charge in [0.2, 0.25) is 6.79 Å². The zero-order chi connectivity index (χ0) is 28.6. The van der Waals surface area contributed by atoms with Crippen LogP contribution in [0, 0.1) is 0 Å². The van der Waals surface area contributed by atoms with Crippen molar-refractivity contribution >= 4 is 46.0 Å². The van der Waals surface area contributed by atoms with Crippen LogP contribution in [0.3, 0.4) is 0 Å². The molecule has 4 aromatic carbocycles. The van der Waals surface area contributed by atoms with Crippen molar-refractivity contribution in [1.82, 2.24) is 10.7 Å². The number of benzene rings is 4. The van der Waals surface area contributed by atoms with E-state index in [4.69, 9.17) is 14.2 Å². The Morgan fingerprint density at radius 3 is 2.41 bits per heavy atom. The van der Waals surface area contributed by atoms with Crippen molar-refractivity contribution in [3.8, 4) is 17.2 Å². The quantitative estimate of drug-likeness (QED) is 0.0916. The highest BCUT2D eigenvalue weighted by Crippen LogP contribution is 2.33. The average molecular weight is 612 g/mol. The van der Waals surface area contributed by atoms with Crippen LogP contribution in [0.25, 0.3) is 6.08 Å². The predicted molar refractivity (Wildman–Crippen MR) is 156 cm³/mol. The summed E-state index contributed by atoms with van der Waals surface area (Å²) in [6, 6.07) is 27.2. The van der Waals surface area contributed by atoms with Gasteiger partial charge in [-0.05, 0) is 71.8 Å². The molecule has 0 atom stereocenters. The molecule has 0 spiro atoms. The lowest BCUT2D eigenvalue weighted by molar-refractivity contribution is -0.117. The molecule has 5 rings (SSSR count). The van der Waals surface area contributed by atoms with E-state index in [0.29, 0.717) is 39.5 Å². The van der Waals surface area contributed by atoms with Crippen molar-refractivity contribution in [3.05, 3.63) is 129 Å². The monoisotopic (exact) mass is 611 g/mol. The molecule has 4 aromatic rings. The van der Waals surface area contributed by atoms with E-state index in [1.807, 2.05) is 6.07 Å². The van der Waals surface area contributed by atoms with Gasteiger partial charge in [0.05, 0.1) is 11.8 Å². The van der Waals surface area contributed by atoms with Gasteiger partial charge in [0.15, 0.2) is 11.5 Å². The summed E-state index contributed by atoms with van der Waals surface area (Å²) in [4.78, 5) is 38.4. The molecular weight excluding hydrogens is 590 g/mol. The van der Waals surface area contributed by atoms with Gasteiger partial charge in [0.25, 0.3) is 11.8 Å². The Morgan fingerprint density at radius 1 is 0.805 bits per heavy atom. The second-order valence-electron chi connectivity index (χ2n) is 8.66. The number of halogens is 1. The Bertz CT molecular complexity index is 1670. The third-order valence-corrected chi connectivity index (χ3v) is 6.24. The molecule has 1 aliphatic rings. The van der Waals surface area contributed by atoms with Crippen LogP contribution in [-0.4, -0.2) is 30.8 Å². The number of rotatable bonds is 8. The van der Waals surface area contributed by atoms with Crippen LogP contribution in [0.5, 0.6) is 17.2 Å². The van der Waals surface area contributed by atoms with E-state index in [1.54, 1.807) is 91.0 Å². The highest BCUT2D eigenvalue weighted by atomic mass is 79.9. The summed E-state index contributed by atoms with van der Waals surface area (Å²) in [5, 5.41) is 6.68. The molecule has 10 heteroatoms. The molecule has 2 amide bonds. The normalized spacial score (nSPS) is 12.2. The minimum absolute atomic E-state index is 0.0356.